The van der Waals surface area contributed by atoms with Crippen LogP contribution in [0.4, 0.5) is 0 Å². The van der Waals surface area contributed by atoms with Crippen molar-refractivity contribution in [3.05, 3.63) is 58.1 Å². The van der Waals surface area contributed by atoms with Crippen LogP contribution in [0, 0.1) is 13.8 Å². The summed E-state index contributed by atoms with van der Waals surface area (Å²) < 4.78 is 0. The zero-order valence-corrected chi connectivity index (χ0v) is 11.5. The molecule has 0 aliphatic carbocycles. The van der Waals surface area contributed by atoms with Crippen LogP contribution >= 0.6 is 11.6 Å². The molecule has 2 aromatic rings. The number of halogens is 1. The fourth-order valence-electron chi connectivity index (χ4n) is 1.83. The molecule has 1 N–H and O–H groups in total. The van der Waals surface area contributed by atoms with Gasteiger partial charge in [0.15, 0.2) is 0 Å². The number of rotatable bonds is 3. The number of aryl methyl sites for hydroxylation is 2. The van der Waals surface area contributed by atoms with Gasteiger partial charge in [-0.15, -0.1) is 0 Å². The number of amides is 1. The number of nitrogens with zero attached hydrogens (tertiary/aromatic N) is 2. The van der Waals surface area contributed by atoms with E-state index >= 15 is 0 Å². The van der Waals surface area contributed by atoms with Crippen molar-refractivity contribution in [2.75, 3.05) is 0 Å². The molecule has 0 aliphatic heterocycles. The minimum Gasteiger partial charge on any atom is -0.348 e. The van der Waals surface area contributed by atoms with Crippen LogP contribution in [-0.4, -0.2) is 15.9 Å². The van der Waals surface area contributed by atoms with Crippen LogP contribution in [0.1, 0.15) is 27.3 Å². The Morgan fingerprint density at radius 2 is 1.84 bits per heavy atom. The number of hydrogen-bond donors (Lipinski definition) is 1. The van der Waals surface area contributed by atoms with Crippen LogP contribution in [0.25, 0.3) is 0 Å². The molecule has 1 aromatic heterocycles. The van der Waals surface area contributed by atoms with E-state index < -0.39 is 0 Å². The van der Waals surface area contributed by atoms with Crippen molar-refractivity contribution in [1.29, 1.82) is 0 Å². The first-order valence-corrected chi connectivity index (χ1v) is 6.27. The predicted octanol–water partition coefficient (Wildman–Crippen LogP) is 2.68. The lowest BCUT2D eigenvalue weighted by Gasteiger charge is -2.09. The van der Waals surface area contributed by atoms with Crippen LogP contribution in [0.15, 0.2) is 30.6 Å². The summed E-state index contributed by atoms with van der Waals surface area (Å²) in [6.07, 6.45) is 1.45. The Hall–Kier alpha value is -1.94. The molecule has 19 heavy (non-hydrogen) atoms. The van der Waals surface area contributed by atoms with Crippen LogP contribution in [-0.2, 0) is 6.54 Å². The number of nitrogens with one attached hydrogen (secondary N) is 1. The molecule has 1 aromatic carbocycles. The van der Waals surface area contributed by atoms with Gasteiger partial charge in [0.2, 0.25) is 0 Å². The Morgan fingerprint density at radius 1 is 1.21 bits per heavy atom. The molecule has 0 radical (unpaired) electrons. The first kappa shape index (κ1) is 13.5. The molecule has 0 bridgehead atoms. The van der Waals surface area contributed by atoms with Gasteiger partial charge in [0, 0.05) is 11.6 Å². The third kappa shape index (κ3) is 3.09. The highest BCUT2D eigenvalue weighted by Crippen LogP contribution is 2.15. The molecule has 1 amide bonds. The maximum atomic E-state index is 12.1. The van der Waals surface area contributed by atoms with Gasteiger partial charge in [0.1, 0.15) is 6.33 Å². The Labute approximate surface area is 116 Å². The SMILES string of the molecule is Cc1ncnc(C)c1C(=O)NCc1ccccc1Cl. The molecule has 0 saturated heterocycles. The van der Waals surface area contributed by atoms with Crippen molar-refractivity contribution in [1.82, 2.24) is 15.3 Å². The fourth-order valence-corrected chi connectivity index (χ4v) is 2.03. The van der Waals surface area contributed by atoms with E-state index in [2.05, 4.69) is 15.3 Å². The summed E-state index contributed by atoms with van der Waals surface area (Å²) in [6.45, 7) is 3.96. The van der Waals surface area contributed by atoms with E-state index in [0.717, 1.165) is 5.56 Å². The van der Waals surface area contributed by atoms with Gasteiger partial charge >= 0.3 is 0 Å². The molecule has 0 fully saturated rings. The van der Waals surface area contributed by atoms with Gasteiger partial charge in [-0.05, 0) is 25.5 Å². The summed E-state index contributed by atoms with van der Waals surface area (Å²) in [7, 11) is 0. The Kier molecular flexibility index (Phi) is 4.12. The van der Waals surface area contributed by atoms with E-state index in [1.165, 1.54) is 6.33 Å². The topological polar surface area (TPSA) is 54.9 Å². The summed E-state index contributed by atoms with van der Waals surface area (Å²) in [6, 6.07) is 7.41. The Balaban J connectivity index is 2.13. The maximum Gasteiger partial charge on any atom is 0.255 e. The van der Waals surface area contributed by atoms with Crippen molar-refractivity contribution >= 4 is 17.5 Å². The average molecular weight is 276 g/mol. The molecule has 98 valence electrons. The molecule has 0 unspecified atom stereocenters. The number of benzene rings is 1. The van der Waals surface area contributed by atoms with E-state index in [1.54, 1.807) is 19.9 Å². The van der Waals surface area contributed by atoms with E-state index in [1.807, 2.05) is 18.2 Å². The summed E-state index contributed by atoms with van der Waals surface area (Å²) in [5.74, 6) is -0.185. The molecule has 4 nitrogen and oxygen atoms in total. The van der Waals surface area contributed by atoms with Crippen LogP contribution < -0.4 is 5.32 Å². The molecule has 0 saturated carbocycles. The molecular weight excluding hydrogens is 262 g/mol. The summed E-state index contributed by atoms with van der Waals surface area (Å²) in [5, 5.41) is 3.47. The van der Waals surface area contributed by atoms with Gasteiger partial charge in [-0.3, -0.25) is 4.79 Å². The highest BCUT2D eigenvalue weighted by molar-refractivity contribution is 6.31. The van der Waals surface area contributed by atoms with Crippen molar-refractivity contribution < 1.29 is 4.79 Å². The minimum absolute atomic E-state index is 0.185. The second-order valence-electron chi connectivity index (χ2n) is 4.19. The van der Waals surface area contributed by atoms with E-state index in [-0.39, 0.29) is 5.91 Å². The smallest absolute Gasteiger partial charge is 0.255 e. The maximum absolute atomic E-state index is 12.1. The second kappa shape index (κ2) is 5.80. The lowest BCUT2D eigenvalue weighted by molar-refractivity contribution is 0.0949. The molecule has 1 heterocycles. The van der Waals surface area contributed by atoms with Crippen LogP contribution in [0.5, 0.6) is 0 Å². The van der Waals surface area contributed by atoms with Crippen LogP contribution in [0.2, 0.25) is 5.02 Å². The quantitative estimate of drug-likeness (QED) is 0.937. The van der Waals surface area contributed by atoms with Crippen LogP contribution in [0.3, 0.4) is 0 Å². The molecule has 0 atom stereocenters. The largest absolute Gasteiger partial charge is 0.348 e. The lowest BCUT2D eigenvalue weighted by atomic mass is 10.1. The monoisotopic (exact) mass is 275 g/mol. The van der Waals surface area contributed by atoms with Crippen molar-refractivity contribution in [3.8, 4) is 0 Å². The van der Waals surface area contributed by atoms with E-state index in [0.29, 0.717) is 28.5 Å². The van der Waals surface area contributed by atoms with Crippen molar-refractivity contribution in [3.63, 3.8) is 0 Å². The molecule has 0 aliphatic rings. The van der Waals surface area contributed by atoms with Crippen molar-refractivity contribution in [2.24, 2.45) is 0 Å². The van der Waals surface area contributed by atoms with Gasteiger partial charge in [-0.2, -0.15) is 0 Å². The highest BCUT2D eigenvalue weighted by Gasteiger charge is 2.13. The third-order valence-electron chi connectivity index (χ3n) is 2.85. The second-order valence-corrected chi connectivity index (χ2v) is 4.60. The Morgan fingerprint density at radius 3 is 2.47 bits per heavy atom. The lowest BCUT2D eigenvalue weighted by Crippen LogP contribution is -2.25. The number of hydrogen-bond acceptors (Lipinski definition) is 3. The zero-order chi connectivity index (χ0) is 13.8. The first-order valence-electron chi connectivity index (χ1n) is 5.89. The number of carbonyl (C=O) groups is 1. The fraction of sp³-hybridized carbons (Fsp3) is 0.214. The summed E-state index contributed by atoms with van der Waals surface area (Å²) in [4.78, 5) is 20.2. The zero-order valence-electron chi connectivity index (χ0n) is 10.8. The predicted molar refractivity (Wildman–Crippen MR) is 74.1 cm³/mol. The van der Waals surface area contributed by atoms with Gasteiger partial charge in [-0.25, -0.2) is 9.97 Å². The number of carbonyl (C=O) groups excluding carboxylic acids is 1. The summed E-state index contributed by atoms with van der Waals surface area (Å²) >= 11 is 6.04. The number of aromatic nitrogens is 2. The van der Waals surface area contributed by atoms with Crippen molar-refractivity contribution in [2.45, 2.75) is 20.4 Å². The normalized spacial score (nSPS) is 10.3. The van der Waals surface area contributed by atoms with E-state index in [9.17, 15) is 4.79 Å². The van der Waals surface area contributed by atoms with Gasteiger partial charge in [-0.1, -0.05) is 29.8 Å². The highest BCUT2D eigenvalue weighted by atomic mass is 35.5. The first-order chi connectivity index (χ1) is 9.09. The molecule has 5 heteroatoms. The summed E-state index contributed by atoms with van der Waals surface area (Å²) in [5.41, 5.74) is 2.74. The van der Waals surface area contributed by atoms with Gasteiger partial charge in [0.05, 0.1) is 17.0 Å². The average Bonchev–Trinajstić information content (AvgIpc) is 2.37. The van der Waals surface area contributed by atoms with E-state index in [4.69, 9.17) is 11.6 Å². The molecule has 2 rings (SSSR count). The molecular formula is C14H14ClN3O. The van der Waals surface area contributed by atoms with Gasteiger partial charge in [0.25, 0.3) is 5.91 Å². The third-order valence-corrected chi connectivity index (χ3v) is 3.22. The van der Waals surface area contributed by atoms with Gasteiger partial charge < -0.3 is 5.32 Å². The minimum atomic E-state index is -0.185. The Bertz CT molecular complexity index is 593. The molecule has 0 spiro atoms. The standard InChI is InChI=1S/C14H14ClN3O/c1-9-13(10(2)18-8-17-9)14(19)16-7-11-5-3-4-6-12(11)15/h3-6,8H,7H2,1-2H3,(H,16,19).